The van der Waals surface area contributed by atoms with Gasteiger partial charge in [-0.1, -0.05) is 42.5 Å². The Kier molecular flexibility index (Phi) is 4.28. The van der Waals surface area contributed by atoms with Gasteiger partial charge in [0.15, 0.2) is 0 Å². The Bertz CT molecular complexity index is 1200. The highest BCUT2D eigenvalue weighted by molar-refractivity contribution is 5.95. The van der Waals surface area contributed by atoms with E-state index in [1.807, 2.05) is 84.4 Å². The Morgan fingerprint density at radius 1 is 1.07 bits per heavy atom. The van der Waals surface area contributed by atoms with E-state index in [1.54, 1.807) is 0 Å². The van der Waals surface area contributed by atoms with Crippen LogP contribution in [0.3, 0.4) is 0 Å². The van der Waals surface area contributed by atoms with Crippen molar-refractivity contribution in [1.82, 2.24) is 14.9 Å². The van der Waals surface area contributed by atoms with E-state index >= 15 is 0 Å². The summed E-state index contributed by atoms with van der Waals surface area (Å²) in [7, 11) is 1.99. The molecule has 5 heteroatoms. The molecule has 0 aliphatic carbocycles. The summed E-state index contributed by atoms with van der Waals surface area (Å²) in [4.78, 5) is 18.0. The maximum Gasteiger partial charge on any atom is 0.252 e. The highest BCUT2D eigenvalue weighted by Crippen LogP contribution is 2.28. The van der Waals surface area contributed by atoms with Gasteiger partial charge in [-0.15, -0.1) is 0 Å². The van der Waals surface area contributed by atoms with Crippen LogP contribution in [0, 0.1) is 0 Å². The molecule has 1 aromatic heterocycles. The zero-order valence-corrected chi connectivity index (χ0v) is 16.1. The van der Waals surface area contributed by atoms with E-state index < -0.39 is 0 Å². The third kappa shape index (κ3) is 3.14. The molecule has 1 aliphatic heterocycles. The molecule has 5 rings (SSSR count). The number of ether oxygens (including phenoxy) is 1. The number of carbonyl (C=O) groups excluding carboxylic acids is 1. The van der Waals surface area contributed by atoms with Gasteiger partial charge in [0.1, 0.15) is 17.6 Å². The van der Waals surface area contributed by atoms with E-state index in [9.17, 15) is 4.79 Å². The van der Waals surface area contributed by atoms with Crippen LogP contribution in [0.5, 0.6) is 5.75 Å². The van der Waals surface area contributed by atoms with Crippen molar-refractivity contribution < 1.29 is 9.53 Å². The fourth-order valence-electron chi connectivity index (χ4n) is 3.91. The van der Waals surface area contributed by atoms with Crippen LogP contribution in [0.25, 0.3) is 11.0 Å². The number of para-hydroxylation sites is 2. The van der Waals surface area contributed by atoms with Crippen molar-refractivity contribution in [3.63, 3.8) is 0 Å². The number of amides is 1. The summed E-state index contributed by atoms with van der Waals surface area (Å²) in [6, 6.07) is 23.2. The van der Waals surface area contributed by atoms with Gasteiger partial charge in [-0.05, 0) is 41.5 Å². The summed E-state index contributed by atoms with van der Waals surface area (Å²) in [6.07, 6.45) is 0.837. The Balaban J connectivity index is 1.54. The van der Waals surface area contributed by atoms with Gasteiger partial charge in [0.25, 0.3) is 5.91 Å². The quantitative estimate of drug-likeness (QED) is 0.579. The number of hydrogen-bond acceptors (Lipinski definition) is 3. The van der Waals surface area contributed by atoms with Crippen LogP contribution in [0.4, 0.5) is 0 Å². The lowest BCUT2D eigenvalue weighted by Crippen LogP contribution is -2.31. The number of nitrogens with one attached hydrogen (secondary N) is 1. The van der Waals surface area contributed by atoms with Crippen LogP contribution in [0.15, 0.2) is 72.8 Å². The SMILES string of the molecule is Cn1c(C(NC(=O)c2ccc3c(c2)CCO3)c2ccccc2)nc2ccccc21. The number of benzene rings is 3. The Morgan fingerprint density at radius 2 is 1.86 bits per heavy atom. The van der Waals surface area contributed by atoms with Gasteiger partial charge in [0.2, 0.25) is 0 Å². The summed E-state index contributed by atoms with van der Waals surface area (Å²) in [5.74, 6) is 1.55. The van der Waals surface area contributed by atoms with E-state index in [-0.39, 0.29) is 11.9 Å². The normalized spacial score (nSPS) is 13.7. The molecular formula is C24H21N3O2. The van der Waals surface area contributed by atoms with Crippen molar-refractivity contribution in [3.8, 4) is 5.75 Å². The van der Waals surface area contributed by atoms with Gasteiger partial charge in [-0.25, -0.2) is 4.98 Å². The van der Waals surface area contributed by atoms with Crippen molar-refractivity contribution >= 4 is 16.9 Å². The lowest BCUT2D eigenvalue weighted by Gasteiger charge is -2.19. The van der Waals surface area contributed by atoms with Gasteiger partial charge < -0.3 is 14.6 Å². The van der Waals surface area contributed by atoms with Crippen LogP contribution in [-0.2, 0) is 13.5 Å². The van der Waals surface area contributed by atoms with E-state index in [0.29, 0.717) is 12.2 Å². The highest BCUT2D eigenvalue weighted by atomic mass is 16.5. The molecule has 0 spiro atoms. The van der Waals surface area contributed by atoms with Crippen molar-refractivity contribution in [2.24, 2.45) is 7.05 Å². The minimum absolute atomic E-state index is 0.124. The van der Waals surface area contributed by atoms with Crippen molar-refractivity contribution in [3.05, 3.63) is 95.3 Å². The Morgan fingerprint density at radius 3 is 2.69 bits per heavy atom. The number of aryl methyl sites for hydroxylation is 1. The molecule has 3 aromatic carbocycles. The average Bonchev–Trinajstić information content (AvgIpc) is 3.36. The summed E-state index contributed by atoms with van der Waals surface area (Å²) >= 11 is 0. The van der Waals surface area contributed by atoms with Crippen LogP contribution in [-0.4, -0.2) is 22.1 Å². The number of rotatable bonds is 4. The number of hydrogen-bond donors (Lipinski definition) is 1. The number of aromatic nitrogens is 2. The van der Waals surface area contributed by atoms with Gasteiger partial charge in [0.05, 0.1) is 17.6 Å². The standard InChI is InChI=1S/C24H21N3O2/c1-27-20-10-6-5-9-19(20)25-23(27)22(16-7-3-2-4-8-16)26-24(28)18-11-12-21-17(15-18)13-14-29-21/h2-12,15,22H,13-14H2,1H3,(H,26,28). The Hall–Kier alpha value is -3.60. The summed E-state index contributed by atoms with van der Waals surface area (Å²) in [6.45, 7) is 0.674. The zero-order chi connectivity index (χ0) is 19.8. The minimum Gasteiger partial charge on any atom is -0.493 e. The monoisotopic (exact) mass is 383 g/mol. The minimum atomic E-state index is -0.356. The second-order valence-electron chi connectivity index (χ2n) is 7.26. The van der Waals surface area contributed by atoms with E-state index in [4.69, 9.17) is 9.72 Å². The molecule has 1 atom stereocenters. The van der Waals surface area contributed by atoms with Crippen molar-refractivity contribution in [1.29, 1.82) is 0 Å². The van der Waals surface area contributed by atoms with E-state index in [2.05, 4.69) is 5.32 Å². The second kappa shape index (κ2) is 7.09. The smallest absolute Gasteiger partial charge is 0.252 e. The van der Waals surface area contributed by atoms with Gasteiger partial charge in [-0.3, -0.25) is 4.79 Å². The summed E-state index contributed by atoms with van der Waals surface area (Å²) < 4.78 is 7.60. The molecule has 4 aromatic rings. The lowest BCUT2D eigenvalue weighted by molar-refractivity contribution is 0.0941. The van der Waals surface area contributed by atoms with E-state index in [0.717, 1.165) is 40.2 Å². The molecule has 0 bridgehead atoms. The molecule has 29 heavy (non-hydrogen) atoms. The first kappa shape index (κ1) is 17.5. The predicted octanol–water partition coefficient (Wildman–Crippen LogP) is 4.03. The number of fused-ring (bicyclic) bond motifs is 2. The van der Waals surface area contributed by atoms with Gasteiger partial charge in [0, 0.05) is 19.0 Å². The summed E-state index contributed by atoms with van der Waals surface area (Å²) in [5, 5.41) is 3.20. The first-order valence-corrected chi connectivity index (χ1v) is 9.73. The highest BCUT2D eigenvalue weighted by Gasteiger charge is 2.24. The molecule has 1 N–H and O–H groups in total. The maximum atomic E-state index is 13.1. The van der Waals surface area contributed by atoms with Crippen molar-refractivity contribution in [2.45, 2.75) is 12.5 Å². The maximum absolute atomic E-state index is 13.1. The molecule has 0 radical (unpaired) electrons. The Labute approximate surface area is 169 Å². The molecule has 2 heterocycles. The third-order valence-corrected chi connectivity index (χ3v) is 5.44. The molecule has 0 fully saturated rings. The molecule has 5 nitrogen and oxygen atoms in total. The van der Waals surface area contributed by atoms with E-state index in [1.165, 1.54) is 0 Å². The van der Waals surface area contributed by atoms with Crippen LogP contribution in [0.2, 0.25) is 0 Å². The third-order valence-electron chi connectivity index (χ3n) is 5.44. The van der Waals surface area contributed by atoms with Crippen LogP contribution in [0.1, 0.15) is 33.4 Å². The predicted molar refractivity (Wildman–Crippen MR) is 112 cm³/mol. The van der Waals surface area contributed by atoms with Gasteiger partial charge in [-0.2, -0.15) is 0 Å². The lowest BCUT2D eigenvalue weighted by atomic mass is 10.0. The first-order chi connectivity index (χ1) is 14.2. The molecule has 0 saturated heterocycles. The molecule has 1 unspecified atom stereocenters. The average molecular weight is 383 g/mol. The fourth-order valence-corrected chi connectivity index (χ4v) is 3.91. The largest absolute Gasteiger partial charge is 0.493 e. The number of carbonyl (C=O) groups is 1. The van der Waals surface area contributed by atoms with Gasteiger partial charge >= 0.3 is 0 Å². The second-order valence-corrected chi connectivity index (χ2v) is 7.26. The van der Waals surface area contributed by atoms with Crippen molar-refractivity contribution in [2.75, 3.05) is 6.61 Å². The number of nitrogens with zero attached hydrogens (tertiary/aromatic N) is 2. The number of imidazole rings is 1. The molecule has 1 amide bonds. The van der Waals surface area contributed by atoms with Crippen LogP contribution >= 0.6 is 0 Å². The molecular weight excluding hydrogens is 362 g/mol. The molecule has 144 valence electrons. The topological polar surface area (TPSA) is 56.2 Å². The first-order valence-electron chi connectivity index (χ1n) is 9.73. The van der Waals surface area contributed by atoms with Crippen LogP contribution < -0.4 is 10.1 Å². The molecule has 1 aliphatic rings. The zero-order valence-electron chi connectivity index (χ0n) is 16.1. The summed E-state index contributed by atoms with van der Waals surface area (Å²) in [5.41, 5.74) is 4.65. The molecule has 0 saturated carbocycles. The fraction of sp³-hybridized carbons (Fsp3) is 0.167.